The van der Waals surface area contributed by atoms with E-state index in [1.165, 1.54) is 13.4 Å². The fourth-order valence-electron chi connectivity index (χ4n) is 2.01. The minimum atomic E-state index is -3.22. The smallest absolute Gasteiger partial charge is 0.151 e. The Morgan fingerprint density at radius 3 is 2.38 bits per heavy atom. The Morgan fingerprint density at radius 1 is 1.29 bits per heavy atom. The van der Waals surface area contributed by atoms with Crippen molar-refractivity contribution in [3.63, 3.8) is 0 Å². The fraction of sp³-hybridized carbons (Fsp3) is 0.571. The number of benzene rings is 1. The summed E-state index contributed by atoms with van der Waals surface area (Å²) in [4.78, 5) is 0. The molecule has 2 atom stereocenters. The normalized spacial score (nSPS) is 14.8. The van der Waals surface area contributed by atoms with Crippen LogP contribution in [0, 0.1) is 0 Å². The van der Waals surface area contributed by atoms with Crippen LogP contribution in [0.15, 0.2) is 12.1 Å². The number of ether oxygens (including phenoxy) is 1. The minimum Gasteiger partial charge on any atom is -0.495 e. The second-order valence-corrected chi connectivity index (χ2v) is 8.19. The van der Waals surface area contributed by atoms with E-state index in [9.17, 15) is 8.42 Å². The zero-order chi connectivity index (χ0) is 16.2. The molecule has 1 aromatic carbocycles. The van der Waals surface area contributed by atoms with E-state index in [0.29, 0.717) is 27.9 Å². The van der Waals surface area contributed by atoms with E-state index in [4.69, 9.17) is 27.9 Å². The standard InChI is InChI=1S/C14H21Cl2NO3S/c1-5-6-17-14(9(2)21(4,18)19)10-7-12(16)13(20-3)8-11(10)15/h7-9,14,17H,5-6H2,1-4H3. The number of sulfone groups is 1. The molecule has 7 heteroatoms. The third-order valence-electron chi connectivity index (χ3n) is 3.37. The molecule has 0 saturated carbocycles. The van der Waals surface area contributed by atoms with Gasteiger partial charge in [0.1, 0.15) is 5.75 Å². The molecule has 0 aromatic heterocycles. The van der Waals surface area contributed by atoms with E-state index < -0.39 is 21.1 Å². The quantitative estimate of drug-likeness (QED) is 0.815. The van der Waals surface area contributed by atoms with Gasteiger partial charge in [0.15, 0.2) is 9.84 Å². The predicted octanol–water partition coefficient (Wildman–Crippen LogP) is 3.48. The lowest BCUT2D eigenvalue weighted by Crippen LogP contribution is -2.35. The molecule has 21 heavy (non-hydrogen) atoms. The van der Waals surface area contributed by atoms with Gasteiger partial charge >= 0.3 is 0 Å². The van der Waals surface area contributed by atoms with Crippen LogP contribution in [-0.2, 0) is 9.84 Å². The molecule has 0 saturated heterocycles. The first-order valence-electron chi connectivity index (χ1n) is 6.67. The van der Waals surface area contributed by atoms with Gasteiger partial charge in [-0.05, 0) is 31.5 Å². The van der Waals surface area contributed by atoms with Crippen LogP contribution in [0.25, 0.3) is 0 Å². The highest BCUT2D eigenvalue weighted by atomic mass is 35.5. The highest BCUT2D eigenvalue weighted by Crippen LogP contribution is 2.36. The Hall–Kier alpha value is -0.490. The molecule has 0 aliphatic rings. The number of nitrogens with one attached hydrogen (secondary N) is 1. The van der Waals surface area contributed by atoms with E-state index in [0.717, 1.165) is 6.42 Å². The van der Waals surface area contributed by atoms with Crippen molar-refractivity contribution in [3.8, 4) is 5.75 Å². The molecule has 0 bridgehead atoms. The summed E-state index contributed by atoms with van der Waals surface area (Å²) < 4.78 is 28.9. The maximum Gasteiger partial charge on any atom is 0.151 e. The number of hydrogen-bond acceptors (Lipinski definition) is 4. The maximum atomic E-state index is 11.9. The van der Waals surface area contributed by atoms with Crippen LogP contribution in [0.2, 0.25) is 10.0 Å². The summed E-state index contributed by atoms with van der Waals surface area (Å²) in [6.45, 7) is 4.36. The molecule has 2 unspecified atom stereocenters. The van der Waals surface area contributed by atoms with Crippen LogP contribution < -0.4 is 10.1 Å². The monoisotopic (exact) mass is 353 g/mol. The zero-order valence-corrected chi connectivity index (χ0v) is 14.9. The van der Waals surface area contributed by atoms with Crippen LogP contribution in [0.1, 0.15) is 31.9 Å². The van der Waals surface area contributed by atoms with Crippen LogP contribution >= 0.6 is 23.2 Å². The van der Waals surface area contributed by atoms with E-state index >= 15 is 0 Å². The van der Waals surface area contributed by atoms with Crippen LogP contribution in [0.3, 0.4) is 0 Å². The van der Waals surface area contributed by atoms with Gasteiger partial charge < -0.3 is 10.1 Å². The molecule has 4 nitrogen and oxygen atoms in total. The summed E-state index contributed by atoms with van der Waals surface area (Å²) in [5, 5.41) is 3.45. The van der Waals surface area contributed by atoms with Gasteiger partial charge in [-0.15, -0.1) is 0 Å². The SMILES string of the molecule is CCCNC(c1cc(Cl)c(OC)cc1Cl)C(C)S(C)(=O)=O. The van der Waals surface area contributed by atoms with E-state index in [-0.39, 0.29) is 0 Å². The number of hydrogen-bond donors (Lipinski definition) is 1. The van der Waals surface area contributed by atoms with Crippen molar-refractivity contribution in [3.05, 3.63) is 27.7 Å². The molecular formula is C14H21Cl2NO3S. The number of halogens is 2. The van der Waals surface area contributed by atoms with Crippen LogP contribution in [-0.4, -0.2) is 33.6 Å². The Bertz CT molecular complexity index is 590. The highest BCUT2D eigenvalue weighted by Gasteiger charge is 2.29. The Kier molecular flexibility index (Phi) is 6.78. The lowest BCUT2D eigenvalue weighted by atomic mass is 10.0. The van der Waals surface area contributed by atoms with E-state index in [1.807, 2.05) is 6.92 Å². The van der Waals surface area contributed by atoms with Gasteiger partial charge in [-0.2, -0.15) is 0 Å². The summed E-state index contributed by atoms with van der Waals surface area (Å²) in [6.07, 6.45) is 2.10. The Balaban J connectivity index is 3.29. The van der Waals surface area contributed by atoms with Gasteiger partial charge in [-0.1, -0.05) is 30.1 Å². The summed E-state index contributed by atoms with van der Waals surface area (Å²) in [5.41, 5.74) is 0.661. The first kappa shape index (κ1) is 18.6. The first-order chi connectivity index (χ1) is 9.72. The van der Waals surface area contributed by atoms with Crippen molar-refractivity contribution in [2.24, 2.45) is 0 Å². The molecule has 0 spiro atoms. The van der Waals surface area contributed by atoms with Crippen molar-refractivity contribution in [1.29, 1.82) is 0 Å². The number of rotatable bonds is 7. The third-order valence-corrected chi connectivity index (χ3v) is 5.61. The van der Waals surface area contributed by atoms with Gasteiger partial charge in [0, 0.05) is 17.3 Å². The van der Waals surface area contributed by atoms with Crippen molar-refractivity contribution < 1.29 is 13.2 Å². The molecule has 0 fully saturated rings. The lowest BCUT2D eigenvalue weighted by Gasteiger charge is -2.26. The van der Waals surface area contributed by atoms with Crippen molar-refractivity contribution in [2.45, 2.75) is 31.6 Å². The minimum absolute atomic E-state index is 0.404. The molecular weight excluding hydrogens is 333 g/mol. The molecule has 0 aliphatic heterocycles. The van der Waals surface area contributed by atoms with Crippen molar-refractivity contribution >= 4 is 33.0 Å². The number of methoxy groups -OCH3 is 1. The molecule has 1 N–H and O–H groups in total. The fourth-order valence-corrected chi connectivity index (χ4v) is 3.27. The summed E-state index contributed by atoms with van der Waals surface area (Å²) in [6, 6.07) is 2.85. The predicted molar refractivity (Wildman–Crippen MR) is 88.4 cm³/mol. The van der Waals surface area contributed by atoms with Gasteiger partial charge in [0.2, 0.25) is 0 Å². The topological polar surface area (TPSA) is 55.4 Å². The van der Waals surface area contributed by atoms with E-state index in [1.54, 1.807) is 19.1 Å². The molecule has 1 rings (SSSR count). The summed E-state index contributed by atoms with van der Waals surface area (Å²) in [5.74, 6) is 0.465. The molecule has 0 heterocycles. The Labute approximate surface area is 136 Å². The second-order valence-electron chi connectivity index (χ2n) is 4.97. The van der Waals surface area contributed by atoms with Gasteiger partial charge in [0.25, 0.3) is 0 Å². The third kappa shape index (κ3) is 4.74. The van der Waals surface area contributed by atoms with Crippen molar-refractivity contribution in [1.82, 2.24) is 5.32 Å². The maximum absolute atomic E-state index is 11.9. The molecule has 120 valence electrons. The second kappa shape index (κ2) is 7.68. The first-order valence-corrected chi connectivity index (χ1v) is 9.38. The zero-order valence-electron chi connectivity index (χ0n) is 12.6. The molecule has 0 radical (unpaired) electrons. The molecule has 0 aliphatic carbocycles. The van der Waals surface area contributed by atoms with Gasteiger partial charge in [-0.3, -0.25) is 0 Å². The molecule has 1 aromatic rings. The van der Waals surface area contributed by atoms with Crippen LogP contribution in [0.5, 0.6) is 5.75 Å². The average Bonchev–Trinajstić information content (AvgIpc) is 2.41. The summed E-state index contributed by atoms with van der Waals surface area (Å²) in [7, 11) is -1.72. The largest absolute Gasteiger partial charge is 0.495 e. The van der Waals surface area contributed by atoms with Gasteiger partial charge in [-0.25, -0.2) is 8.42 Å². The van der Waals surface area contributed by atoms with Crippen LogP contribution in [0.4, 0.5) is 0 Å². The Morgan fingerprint density at radius 2 is 1.90 bits per heavy atom. The average molecular weight is 354 g/mol. The van der Waals surface area contributed by atoms with E-state index in [2.05, 4.69) is 5.32 Å². The summed E-state index contributed by atoms with van der Waals surface area (Å²) >= 11 is 12.4. The van der Waals surface area contributed by atoms with Crippen molar-refractivity contribution in [2.75, 3.05) is 19.9 Å². The van der Waals surface area contributed by atoms with Gasteiger partial charge in [0.05, 0.1) is 23.4 Å². The lowest BCUT2D eigenvalue weighted by molar-refractivity contribution is 0.414. The molecule has 0 amide bonds. The highest BCUT2D eigenvalue weighted by molar-refractivity contribution is 7.91.